The molecule has 0 spiro atoms. The highest BCUT2D eigenvalue weighted by atomic mass is 32.2. The summed E-state index contributed by atoms with van der Waals surface area (Å²) in [6, 6.07) is 0. The fourth-order valence-corrected chi connectivity index (χ4v) is 4.31. The summed E-state index contributed by atoms with van der Waals surface area (Å²) in [5.74, 6) is 1.39. The van der Waals surface area contributed by atoms with Crippen LogP contribution in [0.5, 0.6) is 0 Å². The van der Waals surface area contributed by atoms with Crippen LogP contribution in [-0.4, -0.2) is 16.5 Å². The molecule has 0 aromatic heterocycles. The van der Waals surface area contributed by atoms with Crippen LogP contribution in [0.3, 0.4) is 0 Å². The maximum Gasteiger partial charge on any atom is 0.0154 e. The smallest absolute Gasteiger partial charge is 0.0154 e. The molecular weight excluding hydrogens is 202 g/mol. The second-order valence-corrected chi connectivity index (χ2v) is 6.86. The Morgan fingerprint density at radius 2 is 1.87 bits per heavy atom. The molecule has 2 N–H and O–H groups in total. The lowest BCUT2D eigenvalue weighted by Crippen LogP contribution is -2.42. The molecular formula is C13H25NS. The largest absolute Gasteiger partial charge is 0.325 e. The summed E-state index contributed by atoms with van der Waals surface area (Å²) in [6.07, 6.45) is 13.7. The molecule has 1 aliphatic carbocycles. The maximum atomic E-state index is 6.47. The number of hydrogen-bond donors (Lipinski definition) is 1. The van der Waals surface area contributed by atoms with Gasteiger partial charge in [0.1, 0.15) is 0 Å². The molecule has 15 heavy (non-hydrogen) atoms. The van der Waals surface area contributed by atoms with Crippen molar-refractivity contribution in [3.8, 4) is 0 Å². The van der Waals surface area contributed by atoms with Gasteiger partial charge in [-0.05, 0) is 44.3 Å². The zero-order valence-electron chi connectivity index (χ0n) is 9.84. The van der Waals surface area contributed by atoms with E-state index < -0.39 is 0 Å². The first-order valence-corrected chi connectivity index (χ1v) is 7.74. The van der Waals surface area contributed by atoms with Crippen molar-refractivity contribution in [2.45, 2.75) is 75.0 Å². The van der Waals surface area contributed by atoms with Crippen molar-refractivity contribution in [1.82, 2.24) is 0 Å². The molecule has 1 heterocycles. The van der Waals surface area contributed by atoms with Gasteiger partial charge in [-0.3, -0.25) is 0 Å². The monoisotopic (exact) mass is 227 g/mol. The molecule has 2 heteroatoms. The van der Waals surface area contributed by atoms with E-state index in [-0.39, 0.29) is 5.54 Å². The Balaban J connectivity index is 1.70. The highest BCUT2D eigenvalue weighted by Gasteiger charge is 2.28. The van der Waals surface area contributed by atoms with Crippen LogP contribution in [-0.2, 0) is 0 Å². The average Bonchev–Trinajstić information content (AvgIpc) is 2.29. The summed E-state index contributed by atoms with van der Waals surface area (Å²) >= 11 is 2.19. The predicted octanol–water partition coefficient (Wildman–Crippen LogP) is 3.71. The first-order valence-electron chi connectivity index (χ1n) is 6.69. The van der Waals surface area contributed by atoms with E-state index in [9.17, 15) is 0 Å². The number of rotatable bonds is 3. The van der Waals surface area contributed by atoms with E-state index in [0.717, 1.165) is 5.25 Å². The topological polar surface area (TPSA) is 26.0 Å². The Kier molecular flexibility index (Phi) is 4.39. The van der Waals surface area contributed by atoms with Crippen LogP contribution in [0.25, 0.3) is 0 Å². The van der Waals surface area contributed by atoms with Crippen LogP contribution in [0, 0.1) is 0 Å². The molecule has 2 aliphatic rings. The molecule has 2 rings (SSSR count). The molecule has 1 atom stereocenters. The molecule has 1 saturated carbocycles. The van der Waals surface area contributed by atoms with E-state index in [4.69, 9.17) is 5.73 Å². The summed E-state index contributed by atoms with van der Waals surface area (Å²) < 4.78 is 0. The van der Waals surface area contributed by atoms with Gasteiger partial charge in [0.25, 0.3) is 0 Å². The first kappa shape index (κ1) is 11.8. The van der Waals surface area contributed by atoms with Gasteiger partial charge in [0, 0.05) is 10.8 Å². The SMILES string of the molecule is NC1(CCC2CCCCS2)CCCCC1. The molecule has 0 aromatic rings. The van der Waals surface area contributed by atoms with Crippen LogP contribution in [0.1, 0.15) is 64.2 Å². The second kappa shape index (κ2) is 5.58. The number of thioether (sulfide) groups is 1. The maximum absolute atomic E-state index is 6.47. The zero-order valence-corrected chi connectivity index (χ0v) is 10.7. The molecule has 0 amide bonds. The molecule has 1 saturated heterocycles. The minimum Gasteiger partial charge on any atom is -0.325 e. The molecule has 1 nitrogen and oxygen atoms in total. The quantitative estimate of drug-likeness (QED) is 0.795. The van der Waals surface area contributed by atoms with Gasteiger partial charge in [-0.25, -0.2) is 0 Å². The van der Waals surface area contributed by atoms with Crippen molar-refractivity contribution >= 4 is 11.8 Å². The van der Waals surface area contributed by atoms with E-state index in [1.54, 1.807) is 0 Å². The number of nitrogens with two attached hydrogens (primary N) is 1. The van der Waals surface area contributed by atoms with Gasteiger partial charge < -0.3 is 5.73 Å². The summed E-state index contributed by atoms with van der Waals surface area (Å²) in [6.45, 7) is 0. The third kappa shape index (κ3) is 3.67. The van der Waals surface area contributed by atoms with Crippen LogP contribution in [0.4, 0.5) is 0 Å². The molecule has 1 unspecified atom stereocenters. The van der Waals surface area contributed by atoms with Crippen LogP contribution in [0.15, 0.2) is 0 Å². The van der Waals surface area contributed by atoms with Crippen LogP contribution < -0.4 is 5.73 Å². The van der Waals surface area contributed by atoms with Gasteiger partial charge in [-0.1, -0.05) is 25.7 Å². The van der Waals surface area contributed by atoms with E-state index in [0.29, 0.717) is 0 Å². The van der Waals surface area contributed by atoms with Crippen molar-refractivity contribution in [2.75, 3.05) is 5.75 Å². The predicted molar refractivity (Wildman–Crippen MR) is 69.3 cm³/mol. The lowest BCUT2D eigenvalue weighted by Gasteiger charge is -2.35. The Morgan fingerprint density at radius 1 is 1.07 bits per heavy atom. The zero-order chi connectivity index (χ0) is 10.6. The molecule has 0 bridgehead atoms. The highest BCUT2D eigenvalue weighted by molar-refractivity contribution is 7.99. The molecule has 2 fully saturated rings. The fourth-order valence-electron chi connectivity index (χ4n) is 2.99. The summed E-state index contributed by atoms with van der Waals surface area (Å²) in [7, 11) is 0. The van der Waals surface area contributed by atoms with Crippen molar-refractivity contribution in [3.05, 3.63) is 0 Å². The van der Waals surface area contributed by atoms with E-state index in [2.05, 4.69) is 11.8 Å². The van der Waals surface area contributed by atoms with Gasteiger partial charge in [-0.15, -0.1) is 0 Å². The van der Waals surface area contributed by atoms with Crippen LogP contribution in [0.2, 0.25) is 0 Å². The normalized spacial score (nSPS) is 31.4. The first-order chi connectivity index (χ1) is 7.29. The lowest BCUT2D eigenvalue weighted by atomic mass is 9.79. The Morgan fingerprint density at radius 3 is 2.53 bits per heavy atom. The average molecular weight is 227 g/mol. The molecule has 1 aliphatic heterocycles. The Labute approximate surface area is 98.6 Å². The third-order valence-electron chi connectivity index (χ3n) is 4.09. The van der Waals surface area contributed by atoms with Gasteiger partial charge in [0.05, 0.1) is 0 Å². The summed E-state index contributed by atoms with van der Waals surface area (Å²) in [5.41, 5.74) is 6.69. The van der Waals surface area contributed by atoms with E-state index in [1.807, 2.05) is 0 Å². The van der Waals surface area contributed by atoms with Crippen molar-refractivity contribution < 1.29 is 0 Å². The van der Waals surface area contributed by atoms with Crippen molar-refractivity contribution in [2.24, 2.45) is 5.73 Å². The third-order valence-corrected chi connectivity index (χ3v) is 5.55. The fraction of sp³-hybridized carbons (Fsp3) is 1.00. The highest BCUT2D eigenvalue weighted by Crippen LogP contribution is 2.34. The van der Waals surface area contributed by atoms with Crippen molar-refractivity contribution in [1.29, 1.82) is 0 Å². The molecule has 0 aromatic carbocycles. The molecule has 0 radical (unpaired) electrons. The van der Waals surface area contributed by atoms with E-state index in [1.165, 1.54) is 70.0 Å². The molecule has 88 valence electrons. The minimum atomic E-state index is 0.219. The van der Waals surface area contributed by atoms with Crippen LogP contribution >= 0.6 is 11.8 Å². The van der Waals surface area contributed by atoms with Gasteiger partial charge >= 0.3 is 0 Å². The lowest BCUT2D eigenvalue weighted by molar-refractivity contribution is 0.270. The van der Waals surface area contributed by atoms with E-state index >= 15 is 0 Å². The Hall–Kier alpha value is 0.310. The summed E-state index contributed by atoms with van der Waals surface area (Å²) in [5, 5.41) is 0.932. The van der Waals surface area contributed by atoms with Gasteiger partial charge in [0.15, 0.2) is 0 Å². The van der Waals surface area contributed by atoms with Gasteiger partial charge in [-0.2, -0.15) is 11.8 Å². The standard InChI is InChI=1S/C13H25NS/c14-13(8-3-1-4-9-13)10-7-12-6-2-5-11-15-12/h12H,1-11,14H2. The van der Waals surface area contributed by atoms with Crippen molar-refractivity contribution in [3.63, 3.8) is 0 Å². The minimum absolute atomic E-state index is 0.219. The Bertz CT molecular complexity index is 181. The summed E-state index contributed by atoms with van der Waals surface area (Å²) in [4.78, 5) is 0. The van der Waals surface area contributed by atoms with Gasteiger partial charge in [0.2, 0.25) is 0 Å². The number of hydrogen-bond acceptors (Lipinski definition) is 2. The second-order valence-electron chi connectivity index (χ2n) is 5.45.